The summed E-state index contributed by atoms with van der Waals surface area (Å²) in [5.41, 5.74) is 1.13. The highest BCUT2D eigenvalue weighted by Crippen LogP contribution is 2.22. The quantitative estimate of drug-likeness (QED) is 0.664. The average Bonchev–Trinajstić information content (AvgIpc) is 2.43. The van der Waals surface area contributed by atoms with E-state index in [0.717, 1.165) is 5.56 Å². The fourth-order valence-electron chi connectivity index (χ4n) is 1.61. The molecule has 0 radical (unpaired) electrons. The van der Waals surface area contributed by atoms with Crippen molar-refractivity contribution in [2.45, 2.75) is 19.0 Å². The lowest BCUT2D eigenvalue weighted by Crippen LogP contribution is -2.38. The molecule has 1 aromatic carbocycles. The molecule has 0 aromatic heterocycles. The van der Waals surface area contributed by atoms with E-state index in [2.05, 4.69) is 16.6 Å². The van der Waals surface area contributed by atoms with Crippen molar-refractivity contribution < 1.29 is 9.53 Å². The number of rotatable bonds is 5. The van der Waals surface area contributed by atoms with Crippen LogP contribution in [0.3, 0.4) is 0 Å². The molecule has 4 nitrogen and oxygen atoms in total. The molecule has 0 aliphatic heterocycles. The zero-order valence-electron chi connectivity index (χ0n) is 10.8. The summed E-state index contributed by atoms with van der Waals surface area (Å²) in [6.45, 7) is 5.37. The van der Waals surface area contributed by atoms with Crippen LogP contribution in [0.5, 0.6) is 0 Å². The molecule has 5 heteroatoms. The van der Waals surface area contributed by atoms with Crippen molar-refractivity contribution in [2.24, 2.45) is 0 Å². The van der Waals surface area contributed by atoms with Gasteiger partial charge in [0.2, 0.25) is 0 Å². The molecule has 0 spiro atoms. The summed E-state index contributed by atoms with van der Waals surface area (Å²) < 4.78 is 4.65. The van der Waals surface area contributed by atoms with Gasteiger partial charge in [-0.25, -0.2) is 0 Å². The van der Waals surface area contributed by atoms with Crippen molar-refractivity contribution >= 4 is 17.6 Å². The number of esters is 1. The highest BCUT2D eigenvalue weighted by molar-refractivity contribution is 6.30. The third kappa shape index (κ3) is 4.09. The molecule has 19 heavy (non-hydrogen) atoms. The van der Waals surface area contributed by atoms with E-state index in [4.69, 9.17) is 16.9 Å². The van der Waals surface area contributed by atoms with Crippen molar-refractivity contribution in [3.8, 4) is 6.07 Å². The van der Waals surface area contributed by atoms with Crippen LogP contribution in [0.1, 0.15) is 18.5 Å². The second-order valence-corrected chi connectivity index (χ2v) is 4.47. The summed E-state index contributed by atoms with van der Waals surface area (Å²) in [7, 11) is 1.32. The Balaban J connectivity index is 2.96. The molecule has 0 aliphatic carbocycles. The maximum atomic E-state index is 11.4. The summed E-state index contributed by atoms with van der Waals surface area (Å²) in [5.74, 6) is -0.398. The number of carbonyl (C=O) groups is 1. The number of halogens is 1. The maximum Gasteiger partial charge on any atom is 0.322 e. The molecule has 100 valence electrons. The van der Waals surface area contributed by atoms with Crippen molar-refractivity contribution in [3.05, 3.63) is 47.0 Å². The fourth-order valence-corrected chi connectivity index (χ4v) is 1.74. The van der Waals surface area contributed by atoms with Crippen LogP contribution in [0.2, 0.25) is 5.02 Å². The van der Waals surface area contributed by atoms with Gasteiger partial charge in [-0.3, -0.25) is 10.1 Å². The Morgan fingerprint density at radius 1 is 1.47 bits per heavy atom. The number of benzene rings is 1. The smallest absolute Gasteiger partial charge is 0.322 e. The Morgan fingerprint density at radius 2 is 2.05 bits per heavy atom. The molecule has 1 N–H and O–H groups in total. The standard InChI is InChI=1S/C14H15ClN2O2/c1-9(8-16)13(17-10(2)14(18)19-3)11-4-6-12(15)7-5-11/h4-7,10,13,17H,1H2,2-3H3/t10-,13?/m0/s1. The first-order valence-electron chi connectivity index (χ1n) is 5.67. The minimum atomic E-state index is -0.546. The number of carbonyl (C=O) groups excluding carboxylic acids is 1. The first kappa shape index (κ1) is 15.2. The third-order valence-corrected chi connectivity index (χ3v) is 2.92. The van der Waals surface area contributed by atoms with Gasteiger partial charge in [0.25, 0.3) is 0 Å². The van der Waals surface area contributed by atoms with Crippen LogP contribution in [0.15, 0.2) is 36.4 Å². The van der Waals surface area contributed by atoms with E-state index in [-0.39, 0.29) is 0 Å². The van der Waals surface area contributed by atoms with Crippen LogP contribution in [-0.2, 0) is 9.53 Å². The Hall–Kier alpha value is -1.83. The zero-order chi connectivity index (χ0) is 14.4. The summed E-state index contributed by atoms with van der Waals surface area (Å²) in [6, 6.07) is 8.02. The number of hydrogen-bond donors (Lipinski definition) is 1. The summed E-state index contributed by atoms with van der Waals surface area (Å²) >= 11 is 5.83. The number of hydrogen-bond acceptors (Lipinski definition) is 4. The first-order valence-corrected chi connectivity index (χ1v) is 6.05. The minimum absolute atomic E-state index is 0.318. The van der Waals surface area contributed by atoms with E-state index in [1.807, 2.05) is 6.07 Å². The second kappa shape index (κ2) is 6.93. The topological polar surface area (TPSA) is 62.1 Å². The van der Waals surface area contributed by atoms with Crippen molar-refractivity contribution in [1.29, 1.82) is 5.26 Å². The van der Waals surface area contributed by atoms with Gasteiger partial charge < -0.3 is 4.74 Å². The van der Waals surface area contributed by atoms with E-state index < -0.39 is 18.1 Å². The lowest BCUT2D eigenvalue weighted by Gasteiger charge is -2.21. The van der Waals surface area contributed by atoms with E-state index in [1.165, 1.54) is 7.11 Å². The van der Waals surface area contributed by atoms with Gasteiger partial charge in [-0.1, -0.05) is 30.3 Å². The molecule has 0 fully saturated rings. The monoisotopic (exact) mass is 278 g/mol. The maximum absolute atomic E-state index is 11.4. The van der Waals surface area contributed by atoms with Crippen LogP contribution < -0.4 is 5.32 Å². The molecule has 0 aliphatic rings. The van der Waals surface area contributed by atoms with E-state index >= 15 is 0 Å². The normalized spacial score (nSPS) is 13.2. The predicted molar refractivity (Wildman–Crippen MR) is 73.6 cm³/mol. The molecule has 1 rings (SSSR count). The van der Waals surface area contributed by atoms with Gasteiger partial charge in [-0.15, -0.1) is 0 Å². The van der Waals surface area contributed by atoms with Crippen LogP contribution in [0.25, 0.3) is 0 Å². The second-order valence-electron chi connectivity index (χ2n) is 4.03. The van der Waals surface area contributed by atoms with Gasteiger partial charge in [-0.2, -0.15) is 5.26 Å². The lowest BCUT2D eigenvalue weighted by atomic mass is 10.00. The SMILES string of the molecule is C=C(C#N)C(N[C@@H](C)C(=O)OC)c1ccc(Cl)cc1. The molecule has 1 aromatic rings. The lowest BCUT2D eigenvalue weighted by molar-refractivity contribution is -0.142. The number of nitrogens with zero attached hydrogens (tertiary/aromatic N) is 1. The van der Waals surface area contributed by atoms with E-state index in [1.54, 1.807) is 31.2 Å². The van der Waals surface area contributed by atoms with Crippen molar-refractivity contribution in [1.82, 2.24) is 5.32 Å². The van der Waals surface area contributed by atoms with Crippen LogP contribution in [0.4, 0.5) is 0 Å². The fraction of sp³-hybridized carbons (Fsp3) is 0.286. The zero-order valence-corrected chi connectivity index (χ0v) is 11.6. The predicted octanol–water partition coefficient (Wildman–Crippen LogP) is 2.61. The Labute approximate surface area is 117 Å². The van der Waals surface area contributed by atoms with E-state index in [0.29, 0.717) is 10.6 Å². The van der Waals surface area contributed by atoms with Crippen LogP contribution in [0, 0.1) is 11.3 Å². The molecule has 1 unspecified atom stereocenters. The Bertz CT molecular complexity index is 505. The largest absolute Gasteiger partial charge is 0.468 e. The average molecular weight is 279 g/mol. The molecule has 0 heterocycles. The van der Waals surface area contributed by atoms with Crippen LogP contribution in [-0.4, -0.2) is 19.1 Å². The van der Waals surface area contributed by atoms with E-state index in [9.17, 15) is 4.79 Å². The van der Waals surface area contributed by atoms with Gasteiger partial charge in [0, 0.05) is 10.6 Å². The highest BCUT2D eigenvalue weighted by atomic mass is 35.5. The molecule has 0 amide bonds. The molecular weight excluding hydrogens is 264 g/mol. The summed E-state index contributed by atoms with van der Waals surface area (Å²) in [4.78, 5) is 11.4. The van der Waals surface area contributed by atoms with Crippen molar-refractivity contribution in [2.75, 3.05) is 7.11 Å². The number of nitriles is 1. The van der Waals surface area contributed by atoms with Gasteiger partial charge in [0.15, 0.2) is 0 Å². The summed E-state index contributed by atoms with van der Waals surface area (Å²) in [6.07, 6.45) is 0. The Kier molecular flexibility index (Phi) is 5.56. The number of nitrogens with one attached hydrogen (secondary N) is 1. The number of ether oxygens (including phenoxy) is 1. The summed E-state index contributed by atoms with van der Waals surface area (Å²) in [5, 5.41) is 12.6. The molecule has 0 saturated heterocycles. The third-order valence-electron chi connectivity index (χ3n) is 2.67. The minimum Gasteiger partial charge on any atom is -0.468 e. The molecule has 2 atom stereocenters. The molecular formula is C14H15ClN2O2. The molecule has 0 saturated carbocycles. The van der Waals surface area contributed by atoms with Gasteiger partial charge in [-0.05, 0) is 24.6 Å². The highest BCUT2D eigenvalue weighted by Gasteiger charge is 2.21. The Morgan fingerprint density at radius 3 is 2.53 bits per heavy atom. The van der Waals surface area contributed by atoms with Gasteiger partial charge in [0.1, 0.15) is 6.04 Å². The molecule has 0 bridgehead atoms. The van der Waals surface area contributed by atoms with Gasteiger partial charge in [0.05, 0.1) is 19.2 Å². The first-order chi connectivity index (χ1) is 8.99. The number of methoxy groups -OCH3 is 1. The van der Waals surface area contributed by atoms with Gasteiger partial charge >= 0.3 is 5.97 Å². The van der Waals surface area contributed by atoms with Crippen molar-refractivity contribution in [3.63, 3.8) is 0 Å². The van der Waals surface area contributed by atoms with Crippen LogP contribution >= 0.6 is 11.6 Å².